The summed E-state index contributed by atoms with van der Waals surface area (Å²) in [6.45, 7) is 12.8. The van der Waals surface area contributed by atoms with Crippen LogP contribution in [0.4, 0.5) is 0 Å². The Labute approximate surface area is 142 Å². The number of ketones is 1. The van der Waals surface area contributed by atoms with Gasteiger partial charge < -0.3 is 4.57 Å². The number of rotatable bonds is 6. The van der Waals surface area contributed by atoms with Gasteiger partial charge in [0.25, 0.3) is 0 Å². The zero-order valence-corrected chi connectivity index (χ0v) is 15.0. The van der Waals surface area contributed by atoms with Gasteiger partial charge in [-0.15, -0.1) is 16.8 Å². The largest absolute Gasteiger partial charge is 0.302 e. The molecular weight excluding hydrogens is 306 g/mol. The van der Waals surface area contributed by atoms with Crippen LogP contribution in [0.5, 0.6) is 0 Å². The van der Waals surface area contributed by atoms with Gasteiger partial charge in [-0.05, 0) is 17.9 Å². The maximum absolute atomic E-state index is 12.4. The Morgan fingerprint density at radius 1 is 1.26 bits per heavy atom. The minimum Gasteiger partial charge on any atom is -0.302 e. The molecule has 4 nitrogen and oxygen atoms in total. The molecule has 122 valence electrons. The Morgan fingerprint density at radius 2 is 1.91 bits per heavy atom. The number of hydrogen-bond acceptors (Lipinski definition) is 4. The number of Topliss-reactive ketones (excluding diaryl/α,β-unsaturated/α-hetero) is 1. The molecule has 0 spiro atoms. The molecule has 23 heavy (non-hydrogen) atoms. The van der Waals surface area contributed by atoms with Crippen LogP contribution >= 0.6 is 11.8 Å². The summed E-state index contributed by atoms with van der Waals surface area (Å²) in [5, 5.41) is 8.93. The van der Waals surface area contributed by atoms with E-state index in [1.807, 2.05) is 35.8 Å². The fourth-order valence-electron chi connectivity index (χ4n) is 2.18. The topological polar surface area (TPSA) is 47.8 Å². The maximum atomic E-state index is 12.4. The number of aryl methyl sites for hydroxylation is 1. The first-order valence-corrected chi connectivity index (χ1v) is 8.58. The lowest BCUT2D eigenvalue weighted by atomic mass is 9.86. The molecule has 0 aliphatic carbocycles. The first-order valence-electron chi connectivity index (χ1n) is 7.60. The van der Waals surface area contributed by atoms with E-state index < -0.39 is 0 Å². The van der Waals surface area contributed by atoms with E-state index in [1.165, 1.54) is 17.3 Å². The van der Waals surface area contributed by atoms with Crippen LogP contribution in [0.3, 0.4) is 0 Å². The molecule has 0 radical (unpaired) electrons. The first-order chi connectivity index (χ1) is 10.8. The summed E-state index contributed by atoms with van der Waals surface area (Å²) in [4.78, 5) is 12.4. The fourth-order valence-corrected chi connectivity index (χ4v) is 3.07. The number of nitrogens with zero attached hydrogens (tertiary/aromatic N) is 3. The number of allylic oxidation sites excluding steroid dienone is 1. The van der Waals surface area contributed by atoms with Crippen molar-refractivity contribution in [3.8, 4) is 0 Å². The monoisotopic (exact) mass is 329 g/mol. The number of carbonyl (C=O) groups excluding carboxylic acids is 1. The van der Waals surface area contributed by atoms with Gasteiger partial charge in [0, 0.05) is 12.1 Å². The minimum absolute atomic E-state index is 0.0922. The zero-order chi connectivity index (χ0) is 17.0. The van der Waals surface area contributed by atoms with Crippen molar-refractivity contribution >= 4 is 17.5 Å². The molecular formula is C18H23N3OS. The van der Waals surface area contributed by atoms with E-state index in [-0.39, 0.29) is 11.2 Å². The summed E-state index contributed by atoms with van der Waals surface area (Å²) in [5.74, 6) is 1.28. The minimum atomic E-state index is 0.0922. The quantitative estimate of drug-likeness (QED) is 0.456. The maximum Gasteiger partial charge on any atom is 0.191 e. The lowest BCUT2D eigenvalue weighted by molar-refractivity contribution is 0.102. The predicted octanol–water partition coefficient (Wildman–Crippen LogP) is 4.05. The van der Waals surface area contributed by atoms with E-state index in [1.54, 1.807) is 6.08 Å². The second-order valence-electron chi connectivity index (χ2n) is 6.47. The third-order valence-electron chi connectivity index (χ3n) is 3.62. The molecule has 0 N–H and O–H groups in total. The highest BCUT2D eigenvalue weighted by atomic mass is 32.2. The van der Waals surface area contributed by atoms with Crippen molar-refractivity contribution in [1.82, 2.24) is 14.8 Å². The molecule has 0 bridgehead atoms. The molecule has 1 aromatic heterocycles. The van der Waals surface area contributed by atoms with Gasteiger partial charge in [-0.25, -0.2) is 0 Å². The van der Waals surface area contributed by atoms with Crippen LogP contribution in [-0.2, 0) is 12.0 Å². The van der Waals surface area contributed by atoms with Crippen LogP contribution in [0.1, 0.15) is 42.5 Å². The highest BCUT2D eigenvalue weighted by Gasteiger charge is 2.15. The van der Waals surface area contributed by atoms with Gasteiger partial charge in [0.15, 0.2) is 10.9 Å². The van der Waals surface area contributed by atoms with Crippen molar-refractivity contribution in [3.63, 3.8) is 0 Å². The summed E-state index contributed by atoms with van der Waals surface area (Å²) in [5.41, 5.74) is 2.05. The summed E-state index contributed by atoms with van der Waals surface area (Å²) in [6.07, 6.45) is 1.80. The van der Waals surface area contributed by atoms with Crippen LogP contribution < -0.4 is 0 Å². The molecule has 0 saturated heterocycles. The molecule has 5 heteroatoms. The summed E-state index contributed by atoms with van der Waals surface area (Å²) < 4.78 is 1.95. The van der Waals surface area contributed by atoms with Gasteiger partial charge in [-0.2, -0.15) is 0 Å². The van der Waals surface area contributed by atoms with Gasteiger partial charge in [0.2, 0.25) is 0 Å². The Kier molecular flexibility index (Phi) is 5.42. The fraction of sp³-hybridized carbons (Fsp3) is 0.389. The average molecular weight is 329 g/mol. The van der Waals surface area contributed by atoms with Crippen LogP contribution in [0, 0.1) is 6.92 Å². The smallest absolute Gasteiger partial charge is 0.191 e. The van der Waals surface area contributed by atoms with E-state index in [4.69, 9.17) is 0 Å². The molecule has 0 atom stereocenters. The SMILES string of the molecule is C=CCn1c(C)nnc1SCC(=O)c1ccc(C(C)(C)C)cc1. The van der Waals surface area contributed by atoms with Gasteiger partial charge in [0.05, 0.1) is 5.75 Å². The molecule has 0 amide bonds. The molecule has 0 aliphatic rings. The number of thioether (sulfide) groups is 1. The van der Waals surface area contributed by atoms with E-state index in [9.17, 15) is 4.79 Å². The number of aromatic nitrogens is 3. The Balaban J connectivity index is 2.04. The van der Waals surface area contributed by atoms with Crippen molar-refractivity contribution in [2.24, 2.45) is 0 Å². The van der Waals surface area contributed by atoms with Crippen molar-refractivity contribution < 1.29 is 4.79 Å². The van der Waals surface area contributed by atoms with Gasteiger partial charge in [-0.1, -0.05) is 62.9 Å². The van der Waals surface area contributed by atoms with Crippen molar-refractivity contribution in [3.05, 3.63) is 53.9 Å². The van der Waals surface area contributed by atoms with Crippen molar-refractivity contribution in [2.75, 3.05) is 5.75 Å². The van der Waals surface area contributed by atoms with E-state index in [2.05, 4.69) is 37.5 Å². The van der Waals surface area contributed by atoms with E-state index >= 15 is 0 Å². The lowest BCUT2D eigenvalue weighted by Gasteiger charge is -2.18. The third kappa shape index (κ3) is 4.32. The molecule has 2 rings (SSSR count). The molecule has 0 saturated carbocycles. The van der Waals surface area contributed by atoms with Crippen LogP contribution in [0.2, 0.25) is 0 Å². The Morgan fingerprint density at radius 3 is 2.48 bits per heavy atom. The van der Waals surface area contributed by atoms with Crippen LogP contribution in [0.15, 0.2) is 42.1 Å². The van der Waals surface area contributed by atoms with E-state index in [0.29, 0.717) is 12.3 Å². The first kappa shape index (κ1) is 17.5. The van der Waals surface area contributed by atoms with Crippen molar-refractivity contribution in [2.45, 2.75) is 44.8 Å². The zero-order valence-electron chi connectivity index (χ0n) is 14.2. The molecule has 2 aromatic rings. The average Bonchev–Trinajstić information content (AvgIpc) is 2.85. The molecule has 0 fully saturated rings. The number of carbonyl (C=O) groups is 1. The second-order valence-corrected chi connectivity index (χ2v) is 7.41. The third-order valence-corrected chi connectivity index (χ3v) is 4.59. The van der Waals surface area contributed by atoms with Gasteiger partial charge in [0.1, 0.15) is 5.82 Å². The summed E-state index contributed by atoms with van der Waals surface area (Å²) in [6, 6.07) is 7.87. The molecule has 0 unspecified atom stereocenters. The van der Waals surface area contributed by atoms with E-state index in [0.717, 1.165) is 16.5 Å². The highest BCUT2D eigenvalue weighted by molar-refractivity contribution is 7.99. The Bertz CT molecular complexity index is 696. The molecule has 0 aliphatic heterocycles. The lowest BCUT2D eigenvalue weighted by Crippen LogP contribution is -2.11. The highest BCUT2D eigenvalue weighted by Crippen LogP contribution is 2.23. The van der Waals surface area contributed by atoms with Gasteiger partial charge in [-0.3, -0.25) is 4.79 Å². The van der Waals surface area contributed by atoms with Crippen LogP contribution in [-0.4, -0.2) is 26.3 Å². The Hall–Kier alpha value is -1.88. The normalized spacial score (nSPS) is 11.5. The van der Waals surface area contributed by atoms with Crippen molar-refractivity contribution in [1.29, 1.82) is 0 Å². The van der Waals surface area contributed by atoms with Gasteiger partial charge >= 0.3 is 0 Å². The second kappa shape index (κ2) is 7.13. The predicted molar refractivity (Wildman–Crippen MR) is 95.2 cm³/mol. The summed E-state index contributed by atoms with van der Waals surface area (Å²) in [7, 11) is 0. The number of benzene rings is 1. The molecule has 1 heterocycles. The number of hydrogen-bond donors (Lipinski definition) is 0. The molecule has 1 aromatic carbocycles. The van der Waals surface area contributed by atoms with Crippen LogP contribution in [0.25, 0.3) is 0 Å². The summed E-state index contributed by atoms with van der Waals surface area (Å²) >= 11 is 1.41. The standard InChI is InChI=1S/C18H23N3OS/c1-6-11-21-13(2)19-20-17(21)23-12-16(22)14-7-9-15(10-8-14)18(3,4)5/h6-10H,1,11-12H2,2-5H3.